The number of H-pyrrole nitrogens is 2. The highest BCUT2D eigenvalue weighted by molar-refractivity contribution is 6.23. The summed E-state index contributed by atoms with van der Waals surface area (Å²) >= 11 is 0. The molecule has 0 aliphatic carbocycles. The van der Waals surface area contributed by atoms with Crippen LogP contribution in [0, 0.1) is 0 Å². The van der Waals surface area contributed by atoms with Gasteiger partial charge in [0.05, 0.1) is 16.7 Å². The summed E-state index contributed by atoms with van der Waals surface area (Å²) in [6.07, 6.45) is 0. The molecule has 5 aromatic carbocycles. The maximum Gasteiger partial charge on any atom is 0.0722 e. The standard InChI is InChI=1S/C31H21N3/c1-32-27-18-17-22-21-11-5-7-13-25(21)33-31(22)29(27)24-16-15-20(19-9-3-2-4-10-19)30-28(24)23-12-6-8-14-26(23)34-30/h2-18,33-34H,1H2. The summed E-state index contributed by atoms with van der Waals surface area (Å²) in [4.78, 5) is 11.8. The number of aliphatic imine (C=N–C) groups is 1. The van der Waals surface area contributed by atoms with E-state index in [0.717, 1.165) is 38.9 Å². The second kappa shape index (κ2) is 7.19. The summed E-state index contributed by atoms with van der Waals surface area (Å²) in [5.41, 5.74) is 9.94. The number of rotatable bonds is 3. The quantitative estimate of drug-likeness (QED) is 0.261. The van der Waals surface area contributed by atoms with E-state index in [0.29, 0.717) is 0 Å². The van der Waals surface area contributed by atoms with Crippen molar-refractivity contribution in [2.75, 3.05) is 0 Å². The van der Waals surface area contributed by atoms with Gasteiger partial charge in [-0.05, 0) is 36.0 Å². The van der Waals surface area contributed by atoms with Gasteiger partial charge in [-0.15, -0.1) is 0 Å². The Labute approximate surface area is 196 Å². The number of fused-ring (bicyclic) bond motifs is 6. The second-order valence-electron chi connectivity index (χ2n) is 8.66. The summed E-state index contributed by atoms with van der Waals surface area (Å²) in [5, 5.41) is 4.81. The minimum atomic E-state index is 0.873. The Hall–Kier alpha value is -4.63. The fraction of sp³-hybridized carbons (Fsp3) is 0. The van der Waals surface area contributed by atoms with Crippen molar-refractivity contribution in [3.05, 3.63) is 103 Å². The van der Waals surface area contributed by atoms with Crippen molar-refractivity contribution in [3.63, 3.8) is 0 Å². The predicted octanol–water partition coefficient (Wildman–Crippen LogP) is 8.62. The van der Waals surface area contributed by atoms with Gasteiger partial charge in [0.25, 0.3) is 0 Å². The van der Waals surface area contributed by atoms with Crippen LogP contribution in [0.5, 0.6) is 0 Å². The fourth-order valence-electron chi connectivity index (χ4n) is 5.34. The van der Waals surface area contributed by atoms with Gasteiger partial charge in [-0.1, -0.05) is 84.9 Å². The van der Waals surface area contributed by atoms with Gasteiger partial charge in [-0.25, -0.2) is 0 Å². The van der Waals surface area contributed by atoms with Crippen LogP contribution < -0.4 is 0 Å². The molecule has 2 aromatic heterocycles. The largest absolute Gasteiger partial charge is 0.354 e. The molecule has 0 saturated heterocycles. The van der Waals surface area contributed by atoms with Gasteiger partial charge in [0.2, 0.25) is 0 Å². The predicted molar refractivity (Wildman–Crippen MR) is 145 cm³/mol. The highest BCUT2D eigenvalue weighted by atomic mass is 14.7. The molecule has 3 nitrogen and oxygen atoms in total. The Morgan fingerprint density at radius 1 is 0.529 bits per heavy atom. The van der Waals surface area contributed by atoms with E-state index in [2.05, 4.69) is 125 Å². The number of hydrogen-bond acceptors (Lipinski definition) is 1. The van der Waals surface area contributed by atoms with Crippen LogP contribution in [0.2, 0.25) is 0 Å². The molecule has 160 valence electrons. The lowest BCUT2D eigenvalue weighted by atomic mass is 9.92. The van der Waals surface area contributed by atoms with E-state index in [1.165, 1.54) is 32.7 Å². The first-order chi connectivity index (χ1) is 16.8. The van der Waals surface area contributed by atoms with Gasteiger partial charge < -0.3 is 9.97 Å². The molecule has 0 spiro atoms. The summed E-state index contributed by atoms with van der Waals surface area (Å²) in [5.74, 6) is 0. The molecule has 0 bridgehead atoms. The van der Waals surface area contributed by atoms with E-state index in [4.69, 9.17) is 0 Å². The Balaban J connectivity index is 1.66. The Bertz CT molecular complexity index is 1870. The topological polar surface area (TPSA) is 43.9 Å². The number of nitrogens with one attached hydrogen (secondary N) is 2. The van der Waals surface area contributed by atoms with Crippen LogP contribution in [0.1, 0.15) is 0 Å². The molecule has 2 heterocycles. The molecule has 7 aromatic rings. The van der Waals surface area contributed by atoms with E-state index >= 15 is 0 Å². The lowest BCUT2D eigenvalue weighted by Gasteiger charge is -2.12. The van der Waals surface area contributed by atoms with Gasteiger partial charge in [0.15, 0.2) is 0 Å². The third-order valence-electron chi connectivity index (χ3n) is 6.85. The summed E-state index contributed by atoms with van der Waals surface area (Å²) < 4.78 is 0. The van der Waals surface area contributed by atoms with E-state index in [1.807, 2.05) is 0 Å². The molecule has 3 heteroatoms. The van der Waals surface area contributed by atoms with Gasteiger partial charge in [0.1, 0.15) is 0 Å². The minimum Gasteiger partial charge on any atom is -0.354 e. The van der Waals surface area contributed by atoms with E-state index in [-0.39, 0.29) is 0 Å². The lowest BCUT2D eigenvalue weighted by molar-refractivity contribution is 1.51. The average molecular weight is 436 g/mol. The maximum absolute atomic E-state index is 4.44. The van der Waals surface area contributed by atoms with Crippen LogP contribution >= 0.6 is 0 Å². The number of para-hydroxylation sites is 2. The highest BCUT2D eigenvalue weighted by Crippen LogP contribution is 2.45. The first-order valence-corrected chi connectivity index (χ1v) is 11.4. The van der Waals surface area contributed by atoms with Gasteiger partial charge in [0, 0.05) is 43.7 Å². The summed E-state index contributed by atoms with van der Waals surface area (Å²) in [6.45, 7) is 3.90. The molecule has 7 rings (SSSR count). The number of nitrogens with zero attached hydrogens (tertiary/aromatic N) is 1. The first-order valence-electron chi connectivity index (χ1n) is 11.4. The van der Waals surface area contributed by atoms with Crippen LogP contribution in [-0.4, -0.2) is 16.7 Å². The number of hydrogen-bond donors (Lipinski definition) is 2. The van der Waals surface area contributed by atoms with Crippen molar-refractivity contribution >= 4 is 56.0 Å². The van der Waals surface area contributed by atoms with Gasteiger partial charge in [-0.2, -0.15) is 0 Å². The number of aromatic nitrogens is 2. The molecule has 0 radical (unpaired) electrons. The molecule has 0 aliphatic rings. The molecule has 34 heavy (non-hydrogen) atoms. The third kappa shape index (κ3) is 2.61. The van der Waals surface area contributed by atoms with Crippen LogP contribution in [0.25, 0.3) is 65.9 Å². The van der Waals surface area contributed by atoms with Crippen molar-refractivity contribution < 1.29 is 0 Å². The SMILES string of the molecule is C=Nc1ccc2c([nH]c3ccccc32)c1-c1ccc(-c2ccccc2)c2[nH]c3ccccc3c12. The van der Waals surface area contributed by atoms with Gasteiger partial charge in [-0.3, -0.25) is 4.99 Å². The second-order valence-corrected chi connectivity index (χ2v) is 8.66. The summed E-state index contributed by atoms with van der Waals surface area (Å²) in [7, 11) is 0. The van der Waals surface area contributed by atoms with Crippen molar-refractivity contribution in [1.29, 1.82) is 0 Å². The highest BCUT2D eigenvalue weighted by Gasteiger charge is 2.20. The van der Waals surface area contributed by atoms with Crippen molar-refractivity contribution in [3.8, 4) is 22.3 Å². The Morgan fingerprint density at radius 3 is 1.97 bits per heavy atom. The molecule has 2 N–H and O–H groups in total. The van der Waals surface area contributed by atoms with Gasteiger partial charge >= 0.3 is 0 Å². The molecular weight excluding hydrogens is 414 g/mol. The smallest absolute Gasteiger partial charge is 0.0722 e. The zero-order valence-electron chi connectivity index (χ0n) is 18.5. The molecule has 0 saturated carbocycles. The van der Waals surface area contributed by atoms with Crippen LogP contribution in [0.3, 0.4) is 0 Å². The molecule has 0 atom stereocenters. The maximum atomic E-state index is 4.44. The molecule has 0 unspecified atom stereocenters. The van der Waals surface area contributed by atoms with Crippen LogP contribution in [-0.2, 0) is 0 Å². The minimum absolute atomic E-state index is 0.873. The van der Waals surface area contributed by atoms with E-state index < -0.39 is 0 Å². The first kappa shape index (κ1) is 18.9. The van der Waals surface area contributed by atoms with Crippen molar-refractivity contribution in [1.82, 2.24) is 9.97 Å². The van der Waals surface area contributed by atoms with Crippen molar-refractivity contribution in [2.45, 2.75) is 0 Å². The Morgan fingerprint density at radius 2 is 1.18 bits per heavy atom. The molecule has 0 aliphatic heterocycles. The van der Waals surface area contributed by atoms with Crippen LogP contribution in [0.4, 0.5) is 5.69 Å². The summed E-state index contributed by atoms with van der Waals surface area (Å²) in [6, 6.07) is 36.2. The zero-order chi connectivity index (χ0) is 22.6. The molecule has 0 fully saturated rings. The fourth-order valence-corrected chi connectivity index (χ4v) is 5.34. The Kier molecular flexibility index (Phi) is 4.00. The van der Waals surface area contributed by atoms with E-state index in [1.54, 1.807) is 0 Å². The molecular formula is C31H21N3. The average Bonchev–Trinajstić information content (AvgIpc) is 3.47. The van der Waals surface area contributed by atoms with Crippen LogP contribution in [0.15, 0.2) is 108 Å². The number of aromatic amines is 2. The van der Waals surface area contributed by atoms with Crippen molar-refractivity contribution in [2.24, 2.45) is 4.99 Å². The zero-order valence-corrected chi connectivity index (χ0v) is 18.5. The normalized spacial score (nSPS) is 11.6. The monoisotopic (exact) mass is 435 g/mol. The van der Waals surface area contributed by atoms with E-state index in [9.17, 15) is 0 Å². The third-order valence-corrected chi connectivity index (χ3v) is 6.85. The molecule has 0 amide bonds. The lowest BCUT2D eigenvalue weighted by Crippen LogP contribution is -1.87. The number of benzene rings is 5.